The molecule has 1 N–H and O–H groups in total. The van der Waals surface area contributed by atoms with Crippen molar-refractivity contribution in [2.45, 2.75) is 13.1 Å². The molecule has 1 rings (SSSR count). The highest BCUT2D eigenvalue weighted by Gasteiger charge is 1.99. The Morgan fingerprint density at radius 2 is 2.78 bits per heavy atom. The highest BCUT2D eigenvalue weighted by atomic mass is 16.5. The minimum atomic E-state index is -1.82. The van der Waals surface area contributed by atoms with E-state index in [4.69, 9.17) is 8.85 Å². The highest BCUT2D eigenvalue weighted by Crippen LogP contribution is 1.94. The maximum Gasteiger partial charge on any atom is 0.146 e. The van der Waals surface area contributed by atoms with Crippen molar-refractivity contribution < 1.29 is 8.85 Å². The quantitative estimate of drug-likeness (QED) is 0.599. The molecule has 1 atom stereocenters. The van der Waals surface area contributed by atoms with Crippen LogP contribution in [0, 0.1) is 0 Å². The zero-order valence-corrected chi connectivity index (χ0v) is 5.22. The van der Waals surface area contributed by atoms with Crippen LogP contribution in [0.25, 0.3) is 0 Å². The van der Waals surface area contributed by atoms with E-state index in [0.29, 0.717) is 0 Å². The van der Waals surface area contributed by atoms with Crippen molar-refractivity contribution in [1.29, 1.82) is 0 Å². The lowest BCUT2D eigenvalue weighted by atomic mass is 10.4. The first-order chi connectivity index (χ1) is 5.41. The molecule has 0 aromatic carbocycles. The molecule has 2 heteroatoms. The average Bonchev–Trinajstić information content (AvgIpc) is 1.83. The van der Waals surface area contributed by atoms with Crippen molar-refractivity contribution in [3.8, 4) is 0 Å². The fraction of sp³-hybridized carbons (Fsp3) is 0.429. The molecule has 50 valence electrons. The Morgan fingerprint density at radius 1 is 1.89 bits per heavy atom. The van der Waals surface area contributed by atoms with Crippen LogP contribution in [0.15, 0.2) is 24.4 Å². The zero-order chi connectivity index (χ0) is 9.24. The molecule has 0 saturated heterocycles. The monoisotopic (exact) mass is 128 g/mol. The molecule has 1 heterocycles. The summed E-state index contributed by atoms with van der Waals surface area (Å²) in [6.07, 6.45) is 4.84. The molecule has 0 aromatic rings. The van der Waals surface area contributed by atoms with Crippen molar-refractivity contribution in [2.24, 2.45) is 0 Å². The van der Waals surface area contributed by atoms with E-state index < -0.39 is 12.8 Å². The van der Waals surface area contributed by atoms with Gasteiger partial charge in [0.15, 0.2) is 0 Å². The van der Waals surface area contributed by atoms with Crippen LogP contribution in [-0.4, -0.2) is 12.8 Å². The van der Waals surface area contributed by atoms with Crippen LogP contribution in [0.3, 0.4) is 0 Å². The Bertz CT molecular complexity index is 221. The fourth-order valence-electron chi connectivity index (χ4n) is 0.550. The normalized spacial score (nSPS) is 38.6. The molecule has 1 unspecified atom stereocenters. The Balaban J connectivity index is 2.62. The van der Waals surface area contributed by atoms with E-state index in [0.717, 1.165) is 0 Å². The Morgan fingerprint density at radius 3 is 3.33 bits per heavy atom. The molecule has 0 saturated carbocycles. The summed E-state index contributed by atoms with van der Waals surface area (Å²) in [6.45, 7) is -0.554. The Labute approximate surface area is 59.4 Å². The van der Waals surface area contributed by atoms with Crippen molar-refractivity contribution >= 4 is 0 Å². The number of ether oxygens (including phenoxy) is 1. The van der Waals surface area contributed by atoms with E-state index in [1.165, 1.54) is 13.0 Å². The van der Waals surface area contributed by atoms with Crippen molar-refractivity contribution in [1.82, 2.24) is 5.32 Å². The van der Waals surface area contributed by atoms with Crippen molar-refractivity contribution in [3.63, 3.8) is 0 Å². The third-order valence-corrected chi connectivity index (χ3v) is 0.893. The van der Waals surface area contributed by atoms with Gasteiger partial charge in [0.2, 0.25) is 0 Å². The van der Waals surface area contributed by atoms with Crippen LogP contribution >= 0.6 is 0 Å². The standard InChI is InChI=1S/C7H11NO/c1-2-9-7-5-3-4-6-8-7/h3-8H,2H2,1H3/i2D2,7D. The number of dihydropyridines is 1. The Hall–Kier alpha value is -0.760. The molecule has 0 spiro atoms. The SMILES string of the molecule is [2H]C([2H])(C)OC1([2H])C=CC=CN1. The lowest BCUT2D eigenvalue weighted by Gasteiger charge is -2.14. The van der Waals surface area contributed by atoms with E-state index in [9.17, 15) is 0 Å². The van der Waals surface area contributed by atoms with Crippen LogP contribution in [0.2, 0.25) is 0 Å². The molecule has 2 nitrogen and oxygen atoms in total. The molecule has 0 fully saturated rings. The zero-order valence-electron chi connectivity index (χ0n) is 8.22. The second kappa shape index (κ2) is 3.30. The molecular weight excluding hydrogens is 114 g/mol. The number of hydrogen-bond donors (Lipinski definition) is 1. The van der Waals surface area contributed by atoms with Gasteiger partial charge in [-0.2, -0.15) is 0 Å². The number of rotatable bonds is 2. The second-order valence-electron chi connectivity index (χ2n) is 1.53. The largest absolute Gasteiger partial charge is 0.363 e. The summed E-state index contributed by atoms with van der Waals surface area (Å²) in [5.41, 5.74) is 0. The van der Waals surface area contributed by atoms with Crippen LogP contribution in [-0.2, 0) is 4.74 Å². The summed E-state index contributed by atoms with van der Waals surface area (Å²) < 4.78 is 26.6. The minimum absolute atomic E-state index is 1.26. The predicted molar refractivity (Wildman–Crippen MR) is 36.8 cm³/mol. The number of hydrogen-bond acceptors (Lipinski definition) is 2. The van der Waals surface area contributed by atoms with Gasteiger partial charge < -0.3 is 10.1 Å². The van der Waals surface area contributed by atoms with Gasteiger partial charge in [0.05, 0.1) is 4.11 Å². The third kappa shape index (κ3) is 1.90. The first-order valence-corrected chi connectivity index (χ1v) is 2.74. The maximum atomic E-state index is 7.56. The van der Waals surface area contributed by atoms with E-state index in [1.54, 1.807) is 18.4 Å². The van der Waals surface area contributed by atoms with Crippen molar-refractivity contribution in [2.75, 3.05) is 6.56 Å². The van der Waals surface area contributed by atoms with Gasteiger partial charge in [0.25, 0.3) is 0 Å². The van der Waals surface area contributed by atoms with E-state index in [-0.39, 0.29) is 0 Å². The second-order valence-corrected chi connectivity index (χ2v) is 1.53. The van der Waals surface area contributed by atoms with Gasteiger partial charge >= 0.3 is 0 Å². The van der Waals surface area contributed by atoms with Gasteiger partial charge in [-0.15, -0.1) is 0 Å². The lowest BCUT2D eigenvalue weighted by Crippen LogP contribution is -2.26. The van der Waals surface area contributed by atoms with Gasteiger partial charge in [-0.1, -0.05) is 6.08 Å². The molecule has 9 heavy (non-hydrogen) atoms. The number of allylic oxidation sites excluding steroid dienone is 2. The van der Waals surface area contributed by atoms with Gasteiger partial charge in [-0.25, -0.2) is 0 Å². The molecule has 1 aliphatic heterocycles. The molecule has 0 bridgehead atoms. The number of nitrogens with one attached hydrogen (secondary N) is 1. The molecule has 0 amide bonds. The smallest absolute Gasteiger partial charge is 0.146 e. The first kappa shape index (κ1) is 3.42. The van der Waals surface area contributed by atoms with Gasteiger partial charge in [0, 0.05) is 6.56 Å². The van der Waals surface area contributed by atoms with Crippen LogP contribution < -0.4 is 5.32 Å². The Kier molecular flexibility index (Phi) is 1.25. The maximum absolute atomic E-state index is 7.56. The van der Waals surface area contributed by atoms with Crippen molar-refractivity contribution in [3.05, 3.63) is 24.4 Å². The van der Waals surface area contributed by atoms with Gasteiger partial charge in [0.1, 0.15) is 6.20 Å². The van der Waals surface area contributed by atoms with Crippen LogP contribution in [0.4, 0.5) is 0 Å². The van der Waals surface area contributed by atoms with E-state index in [1.807, 2.05) is 0 Å². The summed E-state index contributed by atoms with van der Waals surface area (Å²) >= 11 is 0. The molecule has 0 radical (unpaired) electrons. The fourth-order valence-corrected chi connectivity index (χ4v) is 0.550. The predicted octanol–water partition coefficient (Wildman–Crippen LogP) is 1.02. The molecule has 0 aromatic heterocycles. The summed E-state index contributed by atoms with van der Waals surface area (Å²) in [7, 11) is 0. The lowest BCUT2D eigenvalue weighted by molar-refractivity contribution is 0.0815. The van der Waals surface area contributed by atoms with Crippen LogP contribution in [0.1, 0.15) is 11.0 Å². The molecule has 0 aliphatic carbocycles. The third-order valence-electron chi connectivity index (χ3n) is 0.893. The van der Waals surface area contributed by atoms with Gasteiger partial charge in [-0.3, -0.25) is 0 Å². The van der Waals surface area contributed by atoms with Gasteiger partial charge in [-0.05, 0) is 25.3 Å². The first-order valence-electron chi connectivity index (χ1n) is 4.24. The summed E-state index contributed by atoms with van der Waals surface area (Å²) in [4.78, 5) is 0. The summed E-state index contributed by atoms with van der Waals surface area (Å²) in [5.74, 6) is 0. The molecule has 1 aliphatic rings. The highest BCUT2D eigenvalue weighted by molar-refractivity contribution is 5.09. The topological polar surface area (TPSA) is 21.3 Å². The summed E-state index contributed by atoms with van der Waals surface area (Å²) in [5, 5.41) is 2.59. The summed E-state index contributed by atoms with van der Waals surface area (Å²) in [6, 6.07) is 0. The van der Waals surface area contributed by atoms with Crippen LogP contribution in [0.5, 0.6) is 0 Å². The van der Waals surface area contributed by atoms with E-state index in [2.05, 4.69) is 5.32 Å². The van der Waals surface area contributed by atoms with E-state index >= 15 is 0 Å². The minimum Gasteiger partial charge on any atom is -0.363 e. The average molecular weight is 128 g/mol. The molecular formula is C7H11NO.